The van der Waals surface area contributed by atoms with Crippen LogP contribution < -0.4 is 4.74 Å². The molecule has 0 amide bonds. The topological polar surface area (TPSA) is 58.8 Å². The van der Waals surface area contributed by atoms with E-state index >= 15 is 0 Å². The van der Waals surface area contributed by atoms with Crippen LogP contribution in [0.3, 0.4) is 0 Å². The second-order valence-corrected chi connectivity index (χ2v) is 3.36. The number of aryl methyl sites for hydroxylation is 1. The zero-order chi connectivity index (χ0) is 12.9. The number of nitrogens with zero attached hydrogens (tertiary/aromatic N) is 3. The summed E-state index contributed by atoms with van der Waals surface area (Å²) in [5, 5.41) is 8.62. The molecular formula is C10H10F3N3O. The van der Waals surface area contributed by atoms with E-state index in [9.17, 15) is 13.2 Å². The number of ether oxygens (including phenoxy) is 1. The fraction of sp³-hybridized carbons (Fsp3) is 0.500. The van der Waals surface area contributed by atoms with Crippen molar-refractivity contribution in [3.63, 3.8) is 0 Å². The van der Waals surface area contributed by atoms with Gasteiger partial charge in [-0.1, -0.05) is 0 Å². The maximum absolute atomic E-state index is 11.8. The number of hydrogen-bond acceptors (Lipinski definition) is 4. The summed E-state index contributed by atoms with van der Waals surface area (Å²) in [5.74, 6) is 0. The van der Waals surface area contributed by atoms with Gasteiger partial charge >= 0.3 is 12.2 Å². The van der Waals surface area contributed by atoms with E-state index in [0.717, 1.165) is 0 Å². The molecule has 0 N–H and O–H groups in total. The van der Waals surface area contributed by atoms with Crippen LogP contribution in [0.25, 0.3) is 0 Å². The van der Waals surface area contributed by atoms with Crippen LogP contribution in [0.1, 0.15) is 24.2 Å². The highest BCUT2D eigenvalue weighted by atomic mass is 19.4. The fourth-order valence-electron chi connectivity index (χ4n) is 1.10. The molecule has 0 atom stereocenters. The average molecular weight is 245 g/mol. The van der Waals surface area contributed by atoms with Crippen LogP contribution in [-0.4, -0.2) is 22.8 Å². The molecule has 0 aliphatic carbocycles. The number of rotatable bonds is 4. The molecule has 0 aliphatic rings. The predicted octanol–water partition coefficient (Wildman–Crippen LogP) is 2.38. The van der Waals surface area contributed by atoms with Crippen LogP contribution in [0.4, 0.5) is 13.2 Å². The van der Waals surface area contributed by atoms with Crippen LogP contribution in [0.15, 0.2) is 6.07 Å². The molecular weight excluding hydrogens is 235 g/mol. The third-order valence-corrected chi connectivity index (χ3v) is 1.78. The van der Waals surface area contributed by atoms with Crippen molar-refractivity contribution in [3.8, 4) is 12.1 Å². The summed E-state index contributed by atoms with van der Waals surface area (Å²) in [7, 11) is 0. The van der Waals surface area contributed by atoms with Gasteiger partial charge in [0.2, 0.25) is 0 Å². The summed E-state index contributed by atoms with van der Waals surface area (Å²) in [6.45, 7) is 1.51. The van der Waals surface area contributed by atoms with E-state index in [0.29, 0.717) is 5.69 Å². The summed E-state index contributed by atoms with van der Waals surface area (Å²) >= 11 is 0. The van der Waals surface area contributed by atoms with Crippen molar-refractivity contribution in [2.75, 3.05) is 6.61 Å². The van der Waals surface area contributed by atoms with Gasteiger partial charge in [0.25, 0.3) is 0 Å². The third kappa shape index (κ3) is 5.15. The van der Waals surface area contributed by atoms with Gasteiger partial charge in [-0.3, -0.25) is 0 Å². The first kappa shape index (κ1) is 13.2. The van der Waals surface area contributed by atoms with Gasteiger partial charge in [-0.25, -0.2) is 4.98 Å². The van der Waals surface area contributed by atoms with E-state index in [2.05, 4.69) is 9.97 Å². The number of nitriles is 1. The Morgan fingerprint density at radius 1 is 1.41 bits per heavy atom. The maximum Gasteiger partial charge on any atom is 0.389 e. The molecule has 0 unspecified atom stereocenters. The van der Waals surface area contributed by atoms with Crippen LogP contribution in [0.2, 0.25) is 0 Å². The van der Waals surface area contributed by atoms with Crippen molar-refractivity contribution in [1.82, 2.24) is 9.97 Å². The molecule has 92 valence electrons. The van der Waals surface area contributed by atoms with Crippen molar-refractivity contribution in [2.45, 2.75) is 25.9 Å². The molecule has 0 spiro atoms. The van der Waals surface area contributed by atoms with Gasteiger partial charge in [-0.15, -0.1) is 0 Å². The molecule has 1 aromatic rings. The van der Waals surface area contributed by atoms with Gasteiger partial charge in [0.1, 0.15) is 11.8 Å². The minimum atomic E-state index is -4.19. The number of aromatic nitrogens is 2. The SMILES string of the molecule is Cc1cc(C#N)nc(OCCCC(F)(F)F)n1. The van der Waals surface area contributed by atoms with E-state index in [1.807, 2.05) is 6.07 Å². The Labute approximate surface area is 96.1 Å². The van der Waals surface area contributed by atoms with Crippen molar-refractivity contribution in [1.29, 1.82) is 5.26 Å². The van der Waals surface area contributed by atoms with Crippen LogP contribution >= 0.6 is 0 Å². The minimum absolute atomic E-state index is 0.0660. The molecule has 1 rings (SSSR count). The Hall–Kier alpha value is -1.84. The Bertz CT molecular complexity index is 426. The zero-order valence-electron chi connectivity index (χ0n) is 9.08. The third-order valence-electron chi connectivity index (χ3n) is 1.78. The van der Waals surface area contributed by atoms with Gasteiger partial charge in [-0.2, -0.15) is 23.4 Å². The van der Waals surface area contributed by atoms with E-state index in [-0.39, 0.29) is 24.7 Å². The first-order chi connectivity index (χ1) is 7.90. The first-order valence-electron chi connectivity index (χ1n) is 4.86. The fourth-order valence-corrected chi connectivity index (χ4v) is 1.10. The van der Waals surface area contributed by atoms with Crippen molar-refractivity contribution in [3.05, 3.63) is 17.5 Å². The Balaban J connectivity index is 2.47. The lowest BCUT2D eigenvalue weighted by atomic mass is 10.3. The number of hydrogen-bond donors (Lipinski definition) is 0. The van der Waals surface area contributed by atoms with Gasteiger partial charge in [0.05, 0.1) is 6.61 Å². The molecule has 0 radical (unpaired) electrons. The molecule has 4 nitrogen and oxygen atoms in total. The smallest absolute Gasteiger partial charge is 0.389 e. The Morgan fingerprint density at radius 2 is 2.12 bits per heavy atom. The molecule has 0 aliphatic heterocycles. The molecule has 7 heteroatoms. The summed E-state index contributed by atoms with van der Waals surface area (Å²) in [6.07, 6.45) is -5.26. The quantitative estimate of drug-likeness (QED) is 0.764. The summed E-state index contributed by atoms with van der Waals surface area (Å²) in [4.78, 5) is 7.56. The minimum Gasteiger partial charge on any atom is -0.463 e. The highest BCUT2D eigenvalue weighted by molar-refractivity contribution is 5.23. The first-order valence-corrected chi connectivity index (χ1v) is 4.86. The molecule has 0 saturated heterocycles. The number of halogens is 3. The van der Waals surface area contributed by atoms with Gasteiger partial charge in [0.15, 0.2) is 0 Å². The highest BCUT2D eigenvalue weighted by Gasteiger charge is 2.26. The van der Waals surface area contributed by atoms with E-state index in [1.54, 1.807) is 6.92 Å². The van der Waals surface area contributed by atoms with Gasteiger partial charge in [0, 0.05) is 12.1 Å². The largest absolute Gasteiger partial charge is 0.463 e. The second-order valence-electron chi connectivity index (χ2n) is 3.36. The van der Waals surface area contributed by atoms with E-state index < -0.39 is 12.6 Å². The molecule has 17 heavy (non-hydrogen) atoms. The monoisotopic (exact) mass is 245 g/mol. The van der Waals surface area contributed by atoms with Crippen LogP contribution in [-0.2, 0) is 0 Å². The molecule has 0 aromatic carbocycles. The van der Waals surface area contributed by atoms with Crippen molar-refractivity contribution >= 4 is 0 Å². The molecule has 0 saturated carbocycles. The standard InChI is InChI=1S/C10H10F3N3O/c1-7-5-8(6-14)16-9(15-7)17-4-2-3-10(11,12)13/h5H,2-4H2,1H3. The number of alkyl halides is 3. The Kier molecular flexibility index (Phi) is 4.26. The van der Waals surface area contributed by atoms with E-state index in [4.69, 9.17) is 10.00 Å². The summed E-state index contributed by atoms with van der Waals surface area (Å²) in [6, 6.07) is 3.21. The normalized spacial score (nSPS) is 11.0. The molecule has 0 bridgehead atoms. The average Bonchev–Trinajstić information content (AvgIpc) is 2.22. The lowest BCUT2D eigenvalue weighted by Crippen LogP contribution is -2.10. The van der Waals surface area contributed by atoms with Crippen molar-refractivity contribution < 1.29 is 17.9 Å². The molecule has 1 aromatic heterocycles. The van der Waals surface area contributed by atoms with Crippen LogP contribution in [0, 0.1) is 18.3 Å². The van der Waals surface area contributed by atoms with Crippen molar-refractivity contribution in [2.24, 2.45) is 0 Å². The summed E-state index contributed by atoms with van der Waals surface area (Å²) < 4.78 is 40.5. The lowest BCUT2D eigenvalue weighted by Gasteiger charge is -2.07. The highest BCUT2D eigenvalue weighted by Crippen LogP contribution is 2.21. The van der Waals surface area contributed by atoms with E-state index in [1.165, 1.54) is 6.07 Å². The predicted molar refractivity (Wildman–Crippen MR) is 52.3 cm³/mol. The van der Waals surface area contributed by atoms with Gasteiger partial charge in [-0.05, 0) is 19.4 Å². The Morgan fingerprint density at radius 3 is 2.71 bits per heavy atom. The zero-order valence-corrected chi connectivity index (χ0v) is 9.08. The molecule has 1 heterocycles. The second kappa shape index (κ2) is 5.48. The maximum atomic E-state index is 11.8. The molecule has 0 fully saturated rings. The van der Waals surface area contributed by atoms with Crippen LogP contribution in [0.5, 0.6) is 6.01 Å². The van der Waals surface area contributed by atoms with Gasteiger partial charge < -0.3 is 4.74 Å². The lowest BCUT2D eigenvalue weighted by molar-refractivity contribution is -0.136. The summed E-state index contributed by atoms with van der Waals surface area (Å²) in [5.41, 5.74) is 0.658.